The largest absolute Gasteiger partial charge is 0.368 e. The third-order valence-corrected chi connectivity index (χ3v) is 3.45. The van der Waals surface area contributed by atoms with Crippen LogP contribution in [-0.4, -0.2) is 35.0 Å². The van der Waals surface area contributed by atoms with Crippen LogP contribution in [0.1, 0.15) is 40.0 Å². The second-order valence-electron chi connectivity index (χ2n) is 5.08. The highest BCUT2D eigenvalue weighted by Gasteiger charge is 2.33. The van der Waals surface area contributed by atoms with Gasteiger partial charge in [-0.25, -0.2) is 0 Å². The van der Waals surface area contributed by atoms with Crippen molar-refractivity contribution in [2.75, 3.05) is 6.54 Å². The van der Waals surface area contributed by atoms with Crippen molar-refractivity contribution >= 4 is 5.91 Å². The summed E-state index contributed by atoms with van der Waals surface area (Å²) in [6.07, 6.45) is 3.62. The normalized spacial score (nSPS) is 32.3. The fourth-order valence-electron chi connectivity index (χ4n) is 2.24. The number of nitrogens with two attached hydrogens (primary N) is 2. The molecule has 0 aromatic heterocycles. The molecule has 0 aliphatic carbocycles. The molecular weight excluding hydrogens is 190 g/mol. The van der Waals surface area contributed by atoms with Crippen LogP contribution in [0.15, 0.2) is 0 Å². The van der Waals surface area contributed by atoms with Crippen molar-refractivity contribution in [3.63, 3.8) is 0 Å². The summed E-state index contributed by atoms with van der Waals surface area (Å²) < 4.78 is 0. The molecule has 0 spiro atoms. The molecule has 0 aromatic rings. The average molecular weight is 213 g/mol. The Morgan fingerprint density at radius 3 is 2.27 bits per heavy atom. The van der Waals surface area contributed by atoms with Crippen molar-refractivity contribution in [3.05, 3.63) is 0 Å². The van der Waals surface area contributed by atoms with Gasteiger partial charge in [-0.2, -0.15) is 0 Å². The lowest BCUT2D eigenvalue weighted by Crippen LogP contribution is -2.60. The first-order valence-electron chi connectivity index (χ1n) is 5.69. The highest BCUT2D eigenvalue weighted by Crippen LogP contribution is 2.23. The summed E-state index contributed by atoms with van der Waals surface area (Å²) in [7, 11) is 0. The van der Waals surface area contributed by atoms with Gasteiger partial charge in [0, 0.05) is 18.6 Å². The van der Waals surface area contributed by atoms with Crippen molar-refractivity contribution < 1.29 is 4.79 Å². The van der Waals surface area contributed by atoms with E-state index < -0.39 is 11.4 Å². The molecule has 3 atom stereocenters. The maximum Gasteiger partial charge on any atom is 0.238 e. The Hall–Kier alpha value is -0.610. The number of carbonyl (C=O) groups excluding carboxylic acids is 1. The number of carbonyl (C=O) groups is 1. The highest BCUT2D eigenvalue weighted by atomic mass is 16.1. The second kappa shape index (κ2) is 4.49. The van der Waals surface area contributed by atoms with Crippen LogP contribution in [-0.2, 0) is 4.79 Å². The summed E-state index contributed by atoms with van der Waals surface area (Å²) in [5, 5.41) is 0. The van der Waals surface area contributed by atoms with Crippen molar-refractivity contribution in [1.82, 2.24) is 4.90 Å². The minimum absolute atomic E-state index is 0.424. The van der Waals surface area contributed by atoms with E-state index in [-0.39, 0.29) is 0 Å². The van der Waals surface area contributed by atoms with E-state index in [0.717, 1.165) is 0 Å². The van der Waals surface area contributed by atoms with E-state index >= 15 is 0 Å². The zero-order valence-electron chi connectivity index (χ0n) is 9.99. The van der Waals surface area contributed by atoms with Gasteiger partial charge in [0.25, 0.3) is 0 Å². The summed E-state index contributed by atoms with van der Waals surface area (Å²) in [5.41, 5.74) is 10.3. The molecule has 1 fully saturated rings. The molecular formula is C11H23N3O. The van der Waals surface area contributed by atoms with Crippen LogP contribution in [0, 0.1) is 0 Å². The van der Waals surface area contributed by atoms with Crippen molar-refractivity contribution in [2.45, 2.75) is 57.7 Å². The molecule has 4 N–H and O–H groups in total. The van der Waals surface area contributed by atoms with E-state index in [1.54, 1.807) is 6.92 Å². The Morgan fingerprint density at radius 1 is 1.40 bits per heavy atom. The zero-order chi connectivity index (χ0) is 11.6. The van der Waals surface area contributed by atoms with Crippen LogP contribution in [0.2, 0.25) is 0 Å². The molecule has 0 saturated carbocycles. The molecule has 1 unspecified atom stereocenters. The van der Waals surface area contributed by atoms with Gasteiger partial charge in [-0.15, -0.1) is 0 Å². The third-order valence-electron chi connectivity index (χ3n) is 3.45. The molecule has 1 aliphatic heterocycles. The quantitative estimate of drug-likeness (QED) is 0.715. The van der Waals surface area contributed by atoms with E-state index in [4.69, 9.17) is 11.5 Å². The predicted molar refractivity (Wildman–Crippen MR) is 61.3 cm³/mol. The summed E-state index contributed by atoms with van der Waals surface area (Å²) in [6.45, 7) is 6.65. The highest BCUT2D eigenvalue weighted by molar-refractivity contribution is 5.84. The van der Waals surface area contributed by atoms with E-state index in [0.29, 0.717) is 18.6 Å². The van der Waals surface area contributed by atoms with E-state index in [1.807, 2.05) is 0 Å². The van der Waals surface area contributed by atoms with Gasteiger partial charge in [-0.3, -0.25) is 9.69 Å². The molecule has 15 heavy (non-hydrogen) atoms. The van der Waals surface area contributed by atoms with Gasteiger partial charge in [0.05, 0.1) is 0 Å². The molecule has 1 aliphatic rings. The standard InChI is InChI=1S/C11H23N3O/c1-8-5-4-6-9(2)14(8)7-11(3,13)10(12)15/h8-9H,4-7,13H2,1-3H3,(H2,12,15)/t8-,9+,11?. The Labute approximate surface area is 92.0 Å². The molecule has 4 nitrogen and oxygen atoms in total. The maximum atomic E-state index is 11.2. The van der Waals surface area contributed by atoms with Gasteiger partial charge in [-0.1, -0.05) is 6.42 Å². The van der Waals surface area contributed by atoms with Crippen LogP contribution in [0.3, 0.4) is 0 Å². The summed E-state index contributed by atoms with van der Waals surface area (Å²) >= 11 is 0. The average Bonchev–Trinajstić information content (AvgIpc) is 2.11. The Morgan fingerprint density at radius 2 is 1.87 bits per heavy atom. The zero-order valence-corrected chi connectivity index (χ0v) is 9.99. The molecule has 0 bridgehead atoms. The monoisotopic (exact) mass is 213 g/mol. The van der Waals surface area contributed by atoms with Gasteiger partial charge < -0.3 is 11.5 Å². The fraction of sp³-hybridized carbons (Fsp3) is 0.909. The molecule has 0 aromatic carbocycles. The lowest BCUT2D eigenvalue weighted by molar-refractivity contribution is -0.123. The number of rotatable bonds is 3. The van der Waals surface area contributed by atoms with Crippen LogP contribution in [0.25, 0.3) is 0 Å². The molecule has 0 radical (unpaired) electrons. The Kier molecular flexibility index (Phi) is 3.73. The minimum atomic E-state index is -0.917. The van der Waals surface area contributed by atoms with Crippen molar-refractivity contribution in [2.24, 2.45) is 11.5 Å². The topological polar surface area (TPSA) is 72.3 Å². The summed E-state index contributed by atoms with van der Waals surface area (Å²) in [6, 6.07) is 0.993. The first-order valence-corrected chi connectivity index (χ1v) is 5.69. The summed E-state index contributed by atoms with van der Waals surface area (Å²) in [5.74, 6) is -0.424. The van der Waals surface area contributed by atoms with Crippen LogP contribution in [0.5, 0.6) is 0 Å². The Balaban J connectivity index is 2.66. The van der Waals surface area contributed by atoms with Gasteiger partial charge in [0.2, 0.25) is 5.91 Å². The van der Waals surface area contributed by atoms with Gasteiger partial charge in [0.1, 0.15) is 5.54 Å². The number of hydrogen-bond acceptors (Lipinski definition) is 3. The lowest BCUT2D eigenvalue weighted by Gasteiger charge is -2.42. The lowest BCUT2D eigenvalue weighted by atomic mass is 9.93. The van der Waals surface area contributed by atoms with Gasteiger partial charge in [-0.05, 0) is 33.6 Å². The SMILES string of the molecule is C[C@@H]1CCC[C@H](C)N1CC(C)(N)C(N)=O. The minimum Gasteiger partial charge on any atom is -0.368 e. The van der Waals surface area contributed by atoms with Crippen LogP contribution < -0.4 is 11.5 Å². The molecule has 88 valence electrons. The third kappa shape index (κ3) is 2.92. The van der Waals surface area contributed by atoms with E-state index in [9.17, 15) is 4.79 Å². The number of likely N-dealkylation sites (tertiary alicyclic amines) is 1. The fourth-order valence-corrected chi connectivity index (χ4v) is 2.24. The number of primary amides is 1. The van der Waals surface area contributed by atoms with Crippen LogP contribution in [0.4, 0.5) is 0 Å². The first kappa shape index (κ1) is 12.5. The number of hydrogen-bond donors (Lipinski definition) is 2. The second-order valence-corrected chi connectivity index (χ2v) is 5.08. The summed E-state index contributed by atoms with van der Waals surface area (Å²) in [4.78, 5) is 13.5. The van der Waals surface area contributed by atoms with E-state index in [2.05, 4.69) is 18.7 Å². The number of piperidine rings is 1. The molecule has 1 amide bonds. The number of amides is 1. The van der Waals surface area contributed by atoms with E-state index in [1.165, 1.54) is 19.3 Å². The maximum absolute atomic E-state index is 11.2. The predicted octanol–water partition coefficient (Wildman–Crippen LogP) is 0.452. The smallest absolute Gasteiger partial charge is 0.238 e. The Bertz CT molecular complexity index is 230. The molecule has 1 saturated heterocycles. The molecule has 1 rings (SSSR count). The first-order chi connectivity index (χ1) is 6.84. The number of nitrogens with zero attached hydrogens (tertiary/aromatic N) is 1. The molecule has 4 heteroatoms. The van der Waals surface area contributed by atoms with Gasteiger partial charge in [0.15, 0.2) is 0 Å². The molecule has 1 heterocycles. The van der Waals surface area contributed by atoms with Crippen LogP contribution >= 0.6 is 0 Å². The van der Waals surface area contributed by atoms with Crippen molar-refractivity contribution in [1.29, 1.82) is 0 Å². The van der Waals surface area contributed by atoms with Crippen molar-refractivity contribution in [3.8, 4) is 0 Å². The van der Waals surface area contributed by atoms with Gasteiger partial charge >= 0.3 is 0 Å².